The van der Waals surface area contributed by atoms with Crippen molar-refractivity contribution >= 4 is 16.8 Å². The molecule has 1 fully saturated rings. The van der Waals surface area contributed by atoms with Crippen LogP contribution in [0.25, 0.3) is 22.2 Å². The minimum Gasteiger partial charge on any atom is -0.354 e. The lowest BCUT2D eigenvalue weighted by molar-refractivity contribution is -0.122. The number of nitrogens with one attached hydrogen (secondary N) is 2. The summed E-state index contributed by atoms with van der Waals surface area (Å²) in [7, 11) is 0. The van der Waals surface area contributed by atoms with Crippen molar-refractivity contribution in [2.75, 3.05) is 0 Å². The monoisotopic (exact) mass is 384 g/mol. The lowest BCUT2D eigenvalue weighted by Gasteiger charge is -2.35. The molecule has 0 spiro atoms. The molecule has 2 heterocycles. The first-order chi connectivity index (χ1) is 14.3. The number of aromatic amines is 1. The molecule has 1 saturated carbocycles. The van der Waals surface area contributed by atoms with E-state index in [0.717, 1.165) is 36.0 Å². The summed E-state index contributed by atoms with van der Waals surface area (Å²) >= 11 is 0. The highest BCUT2D eigenvalue weighted by atomic mass is 16.1. The van der Waals surface area contributed by atoms with Crippen molar-refractivity contribution < 1.29 is 4.79 Å². The second-order valence-electron chi connectivity index (χ2n) is 7.77. The third kappa shape index (κ3) is 3.56. The standard InChI is InChI=1S/C24H24N4O/c29-23(26-18-15-19(16-18)28-14-6-13-25-28)12-11-21-20-9-4-5-10-22(20)27-24(21)17-7-2-1-3-8-17/h1-10,13-14,18-19,27H,11-12,15-16H2,(H,26,29). The molecule has 2 aromatic heterocycles. The third-order valence-electron chi connectivity index (χ3n) is 5.86. The zero-order chi connectivity index (χ0) is 19.6. The van der Waals surface area contributed by atoms with Crippen LogP contribution in [0.2, 0.25) is 0 Å². The Hall–Kier alpha value is -3.34. The van der Waals surface area contributed by atoms with E-state index in [1.165, 1.54) is 10.9 Å². The summed E-state index contributed by atoms with van der Waals surface area (Å²) in [4.78, 5) is 16.1. The van der Waals surface area contributed by atoms with Crippen molar-refractivity contribution in [3.8, 4) is 11.3 Å². The van der Waals surface area contributed by atoms with Crippen LogP contribution in [0, 0.1) is 0 Å². The topological polar surface area (TPSA) is 62.7 Å². The van der Waals surface area contributed by atoms with Gasteiger partial charge in [0.25, 0.3) is 0 Å². The van der Waals surface area contributed by atoms with E-state index in [9.17, 15) is 4.79 Å². The van der Waals surface area contributed by atoms with Gasteiger partial charge in [0, 0.05) is 41.5 Å². The second-order valence-corrected chi connectivity index (χ2v) is 7.77. The summed E-state index contributed by atoms with van der Waals surface area (Å²) in [5.74, 6) is 0.123. The van der Waals surface area contributed by atoms with Gasteiger partial charge in [0.05, 0.1) is 6.04 Å². The van der Waals surface area contributed by atoms with E-state index in [1.807, 2.05) is 41.2 Å². The van der Waals surface area contributed by atoms with Crippen LogP contribution < -0.4 is 5.32 Å². The number of para-hydroxylation sites is 1. The van der Waals surface area contributed by atoms with E-state index < -0.39 is 0 Å². The van der Waals surface area contributed by atoms with E-state index in [2.05, 4.69) is 45.7 Å². The highest BCUT2D eigenvalue weighted by Gasteiger charge is 2.31. The fourth-order valence-corrected chi connectivity index (χ4v) is 4.27. The Morgan fingerprint density at radius 1 is 1.07 bits per heavy atom. The molecule has 29 heavy (non-hydrogen) atoms. The maximum Gasteiger partial charge on any atom is 0.220 e. The highest BCUT2D eigenvalue weighted by molar-refractivity contribution is 5.91. The van der Waals surface area contributed by atoms with Crippen molar-refractivity contribution in [1.82, 2.24) is 20.1 Å². The number of H-pyrrole nitrogens is 1. The maximum absolute atomic E-state index is 12.6. The van der Waals surface area contributed by atoms with Gasteiger partial charge in [0.2, 0.25) is 5.91 Å². The van der Waals surface area contributed by atoms with Gasteiger partial charge in [-0.15, -0.1) is 0 Å². The molecule has 1 aliphatic rings. The molecule has 0 bridgehead atoms. The van der Waals surface area contributed by atoms with E-state index in [-0.39, 0.29) is 11.9 Å². The molecule has 0 atom stereocenters. The number of hydrogen-bond acceptors (Lipinski definition) is 2. The van der Waals surface area contributed by atoms with Gasteiger partial charge in [0.1, 0.15) is 0 Å². The zero-order valence-corrected chi connectivity index (χ0v) is 16.2. The predicted molar refractivity (Wildman–Crippen MR) is 114 cm³/mol. The van der Waals surface area contributed by atoms with Gasteiger partial charge in [-0.3, -0.25) is 9.48 Å². The fourth-order valence-electron chi connectivity index (χ4n) is 4.27. The molecular weight excluding hydrogens is 360 g/mol. The predicted octanol–water partition coefficient (Wildman–Crippen LogP) is 4.48. The van der Waals surface area contributed by atoms with E-state index in [4.69, 9.17) is 0 Å². The Bertz CT molecular complexity index is 1110. The number of carbonyl (C=O) groups excluding carboxylic acids is 1. The number of amides is 1. The molecule has 4 aromatic rings. The Kier molecular flexibility index (Phi) is 4.64. The number of aromatic nitrogens is 3. The second kappa shape index (κ2) is 7.59. The van der Waals surface area contributed by atoms with Gasteiger partial charge in [-0.25, -0.2) is 0 Å². The summed E-state index contributed by atoms with van der Waals surface area (Å²) in [5.41, 5.74) is 4.59. The first kappa shape index (κ1) is 17.7. The number of aryl methyl sites for hydroxylation is 1. The van der Waals surface area contributed by atoms with Gasteiger partial charge in [-0.2, -0.15) is 5.10 Å². The molecular formula is C24H24N4O. The first-order valence-electron chi connectivity index (χ1n) is 10.2. The summed E-state index contributed by atoms with van der Waals surface area (Å²) in [5, 5.41) is 8.67. The Morgan fingerprint density at radius 3 is 2.66 bits per heavy atom. The normalized spacial score (nSPS) is 18.5. The fraction of sp³-hybridized carbons (Fsp3) is 0.250. The van der Waals surface area contributed by atoms with Crippen LogP contribution in [0.15, 0.2) is 73.1 Å². The van der Waals surface area contributed by atoms with Crippen LogP contribution in [-0.4, -0.2) is 26.7 Å². The van der Waals surface area contributed by atoms with Crippen molar-refractivity contribution in [2.45, 2.75) is 37.8 Å². The number of fused-ring (bicyclic) bond motifs is 1. The van der Waals surface area contributed by atoms with Crippen LogP contribution in [0.5, 0.6) is 0 Å². The first-order valence-corrected chi connectivity index (χ1v) is 10.2. The summed E-state index contributed by atoms with van der Waals surface area (Å²) in [6, 6.07) is 21.3. The quantitative estimate of drug-likeness (QED) is 0.515. The van der Waals surface area contributed by atoms with Crippen molar-refractivity contribution in [1.29, 1.82) is 0 Å². The molecule has 1 amide bonds. The molecule has 0 radical (unpaired) electrons. The van der Waals surface area contributed by atoms with E-state index in [1.54, 1.807) is 6.20 Å². The molecule has 2 aromatic carbocycles. The van der Waals surface area contributed by atoms with Gasteiger partial charge >= 0.3 is 0 Å². The van der Waals surface area contributed by atoms with Gasteiger partial charge in [0.15, 0.2) is 0 Å². The molecule has 2 N–H and O–H groups in total. The average Bonchev–Trinajstić information content (AvgIpc) is 3.37. The third-order valence-corrected chi connectivity index (χ3v) is 5.86. The lowest BCUT2D eigenvalue weighted by Crippen LogP contribution is -2.45. The summed E-state index contributed by atoms with van der Waals surface area (Å²) < 4.78 is 1.99. The van der Waals surface area contributed by atoms with Gasteiger partial charge < -0.3 is 10.3 Å². The Morgan fingerprint density at radius 2 is 1.86 bits per heavy atom. The lowest BCUT2D eigenvalue weighted by atomic mass is 9.86. The van der Waals surface area contributed by atoms with Gasteiger partial charge in [-0.1, -0.05) is 48.5 Å². The van der Waals surface area contributed by atoms with E-state index >= 15 is 0 Å². The summed E-state index contributed by atoms with van der Waals surface area (Å²) in [6.45, 7) is 0. The molecule has 146 valence electrons. The van der Waals surface area contributed by atoms with Crippen LogP contribution in [-0.2, 0) is 11.2 Å². The molecule has 5 rings (SSSR count). The number of benzene rings is 2. The largest absolute Gasteiger partial charge is 0.354 e. The van der Waals surface area contributed by atoms with Crippen LogP contribution >= 0.6 is 0 Å². The molecule has 0 aliphatic heterocycles. The molecule has 1 aliphatic carbocycles. The highest BCUT2D eigenvalue weighted by Crippen LogP contribution is 2.33. The minimum atomic E-state index is 0.123. The average molecular weight is 384 g/mol. The molecule has 5 nitrogen and oxygen atoms in total. The molecule has 0 unspecified atom stereocenters. The minimum absolute atomic E-state index is 0.123. The smallest absolute Gasteiger partial charge is 0.220 e. The van der Waals surface area contributed by atoms with E-state index in [0.29, 0.717) is 12.5 Å². The van der Waals surface area contributed by atoms with Gasteiger partial charge in [-0.05, 0) is 42.5 Å². The summed E-state index contributed by atoms with van der Waals surface area (Å²) in [6.07, 6.45) is 6.91. The van der Waals surface area contributed by atoms with Crippen LogP contribution in [0.1, 0.15) is 30.9 Å². The van der Waals surface area contributed by atoms with Crippen LogP contribution in [0.4, 0.5) is 0 Å². The van der Waals surface area contributed by atoms with Crippen molar-refractivity contribution in [3.63, 3.8) is 0 Å². The molecule has 0 saturated heterocycles. The number of nitrogens with zero attached hydrogens (tertiary/aromatic N) is 2. The SMILES string of the molecule is O=C(CCc1c(-c2ccccc2)[nH]c2ccccc12)NC1CC(n2cccn2)C1. The zero-order valence-electron chi connectivity index (χ0n) is 16.2. The number of hydrogen-bond donors (Lipinski definition) is 2. The maximum atomic E-state index is 12.6. The number of carbonyl (C=O) groups is 1. The number of rotatable bonds is 6. The Labute approximate surface area is 169 Å². The molecule has 5 heteroatoms. The van der Waals surface area contributed by atoms with Crippen LogP contribution in [0.3, 0.4) is 0 Å². The van der Waals surface area contributed by atoms with Crippen molar-refractivity contribution in [2.24, 2.45) is 0 Å². The Balaban J connectivity index is 1.26. The van der Waals surface area contributed by atoms with Crippen molar-refractivity contribution in [3.05, 3.63) is 78.6 Å².